The second-order valence-corrected chi connectivity index (χ2v) is 4.73. The van der Waals surface area contributed by atoms with Crippen LogP contribution in [0.5, 0.6) is 5.75 Å². The molecule has 0 radical (unpaired) electrons. The third-order valence-electron chi connectivity index (χ3n) is 3.62. The Morgan fingerprint density at radius 1 is 1.37 bits per heavy atom. The topological polar surface area (TPSA) is 47.6 Å². The van der Waals surface area contributed by atoms with Gasteiger partial charge in [0.25, 0.3) is 0 Å². The molecule has 0 aliphatic carbocycles. The highest BCUT2D eigenvalue weighted by molar-refractivity contribution is 5.74. The zero-order valence-corrected chi connectivity index (χ0v) is 11.5. The van der Waals surface area contributed by atoms with Gasteiger partial charge >= 0.3 is 5.97 Å². The molecular weight excluding hydrogens is 242 g/mol. The molecule has 1 aromatic rings. The van der Waals surface area contributed by atoms with Crippen LogP contribution in [0.25, 0.3) is 0 Å². The Balaban J connectivity index is 2.15. The van der Waals surface area contributed by atoms with Gasteiger partial charge in [-0.1, -0.05) is 12.1 Å². The van der Waals surface area contributed by atoms with Crippen LogP contribution in [0.15, 0.2) is 24.3 Å². The first kappa shape index (κ1) is 13.9. The number of ether oxygens (including phenoxy) is 2. The van der Waals surface area contributed by atoms with Gasteiger partial charge in [0, 0.05) is 12.5 Å². The number of nitrogens with one attached hydrogen (secondary N) is 1. The van der Waals surface area contributed by atoms with Gasteiger partial charge in [0.15, 0.2) is 0 Å². The summed E-state index contributed by atoms with van der Waals surface area (Å²) in [6.45, 7) is 3.98. The third-order valence-corrected chi connectivity index (χ3v) is 3.62. The van der Waals surface area contributed by atoms with Crippen LogP contribution in [0, 0.1) is 5.92 Å². The minimum Gasteiger partial charge on any atom is -0.497 e. The molecule has 1 N–H and O–H groups in total. The molecule has 0 amide bonds. The van der Waals surface area contributed by atoms with E-state index >= 15 is 0 Å². The summed E-state index contributed by atoms with van der Waals surface area (Å²) < 4.78 is 10.3. The maximum atomic E-state index is 12.0. The lowest BCUT2D eigenvalue weighted by atomic mass is 9.81. The van der Waals surface area contributed by atoms with E-state index in [0.29, 0.717) is 6.61 Å². The van der Waals surface area contributed by atoms with Crippen molar-refractivity contribution in [1.82, 2.24) is 5.32 Å². The van der Waals surface area contributed by atoms with E-state index in [-0.39, 0.29) is 17.8 Å². The quantitative estimate of drug-likeness (QED) is 0.844. The first-order chi connectivity index (χ1) is 9.26. The first-order valence-corrected chi connectivity index (χ1v) is 6.77. The van der Waals surface area contributed by atoms with Gasteiger partial charge in [0.1, 0.15) is 5.75 Å². The fraction of sp³-hybridized carbons (Fsp3) is 0.533. The molecule has 0 unspecified atom stereocenters. The second-order valence-electron chi connectivity index (χ2n) is 4.73. The van der Waals surface area contributed by atoms with Crippen molar-refractivity contribution in [2.45, 2.75) is 19.3 Å². The standard InChI is InChI=1S/C15H21NO3/c1-3-19-15(17)13-8-9-16-10-14(13)11-4-6-12(18-2)7-5-11/h4-7,13-14,16H,3,8-10H2,1-2H3/t13-,14+/m0/s1. The molecular formula is C15H21NO3. The Hall–Kier alpha value is -1.55. The van der Waals surface area contributed by atoms with E-state index in [0.717, 1.165) is 30.8 Å². The number of hydrogen-bond donors (Lipinski definition) is 1. The van der Waals surface area contributed by atoms with Crippen LogP contribution in [0.3, 0.4) is 0 Å². The molecule has 2 atom stereocenters. The van der Waals surface area contributed by atoms with Gasteiger partial charge in [-0.05, 0) is 37.6 Å². The maximum absolute atomic E-state index is 12.0. The Morgan fingerprint density at radius 3 is 2.74 bits per heavy atom. The molecule has 0 aromatic heterocycles. The normalized spacial score (nSPS) is 22.8. The Morgan fingerprint density at radius 2 is 2.11 bits per heavy atom. The van der Waals surface area contributed by atoms with Crippen molar-refractivity contribution in [3.8, 4) is 5.75 Å². The van der Waals surface area contributed by atoms with Crippen LogP contribution in [0.1, 0.15) is 24.8 Å². The number of benzene rings is 1. The summed E-state index contributed by atoms with van der Waals surface area (Å²) in [6.07, 6.45) is 0.829. The van der Waals surface area contributed by atoms with E-state index in [4.69, 9.17) is 9.47 Å². The number of carbonyl (C=O) groups is 1. The van der Waals surface area contributed by atoms with Crippen molar-refractivity contribution >= 4 is 5.97 Å². The second kappa shape index (κ2) is 6.57. The van der Waals surface area contributed by atoms with Crippen LogP contribution >= 0.6 is 0 Å². The van der Waals surface area contributed by atoms with Gasteiger partial charge in [-0.3, -0.25) is 4.79 Å². The summed E-state index contributed by atoms with van der Waals surface area (Å²) in [6, 6.07) is 7.93. The molecule has 0 saturated carbocycles. The summed E-state index contributed by atoms with van der Waals surface area (Å²) >= 11 is 0. The van der Waals surface area contributed by atoms with Crippen molar-refractivity contribution < 1.29 is 14.3 Å². The molecule has 1 aliphatic heterocycles. The minimum absolute atomic E-state index is 0.0467. The van der Waals surface area contributed by atoms with E-state index in [1.165, 1.54) is 0 Å². The molecule has 0 bridgehead atoms. The molecule has 1 aromatic carbocycles. The molecule has 0 spiro atoms. The van der Waals surface area contributed by atoms with Crippen LogP contribution in [0.4, 0.5) is 0 Å². The summed E-state index contributed by atoms with van der Waals surface area (Å²) in [4.78, 5) is 12.0. The highest BCUT2D eigenvalue weighted by Gasteiger charge is 2.32. The predicted molar refractivity (Wildman–Crippen MR) is 73.3 cm³/mol. The molecule has 1 aliphatic rings. The van der Waals surface area contributed by atoms with Crippen LogP contribution < -0.4 is 10.1 Å². The highest BCUT2D eigenvalue weighted by atomic mass is 16.5. The van der Waals surface area contributed by atoms with Gasteiger partial charge in [-0.15, -0.1) is 0 Å². The fourth-order valence-electron chi connectivity index (χ4n) is 2.59. The maximum Gasteiger partial charge on any atom is 0.309 e. The number of hydrogen-bond acceptors (Lipinski definition) is 4. The van der Waals surface area contributed by atoms with Gasteiger partial charge in [0.05, 0.1) is 19.6 Å². The molecule has 4 nitrogen and oxygen atoms in total. The number of esters is 1. The van der Waals surface area contributed by atoms with E-state index in [9.17, 15) is 4.79 Å². The van der Waals surface area contributed by atoms with Crippen molar-refractivity contribution in [2.24, 2.45) is 5.92 Å². The highest BCUT2D eigenvalue weighted by Crippen LogP contribution is 2.31. The summed E-state index contributed by atoms with van der Waals surface area (Å²) in [5.41, 5.74) is 1.16. The zero-order chi connectivity index (χ0) is 13.7. The summed E-state index contributed by atoms with van der Waals surface area (Å²) in [5, 5.41) is 3.35. The van der Waals surface area contributed by atoms with Gasteiger partial charge < -0.3 is 14.8 Å². The summed E-state index contributed by atoms with van der Waals surface area (Å²) in [7, 11) is 1.65. The SMILES string of the molecule is CCOC(=O)[C@H]1CCNC[C@@H]1c1ccc(OC)cc1. The molecule has 1 fully saturated rings. The van der Waals surface area contributed by atoms with E-state index in [1.54, 1.807) is 7.11 Å². The van der Waals surface area contributed by atoms with E-state index < -0.39 is 0 Å². The average Bonchev–Trinajstić information content (AvgIpc) is 2.47. The lowest BCUT2D eigenvalue weighted by Crippen LogP contribution is -2.39. The largest absolute Gasteiger partial charge is 0.497 e. The Bertz CT molecular complexity index is 416. The van der Waals surface area contributed by atoms with Gasteiger partial charge in [-0.25, -0.2) is 0 Å². The van der Waals surface area contributed by atoms with Crippen LogP contribution in [-0.4, -0.2) is 32.8 Å². The Kier molecular flexibility index (Phi) is 4.80. The monoisotopic (exact) mass is 263 g/mol. The number of methoxy groups -OCH3 is 1. The fourth-order valence-corrected chi connectivity index (χ4v) is 2.59. The van der Waals surface area contributed by atoms with Gasteiger partial charge in [-0.2, -0.15) is 0 Å². The van der Waals surface area contributed by atoms with E-state index in [2.05, 4.69) is 5.32 Å². The first-order valence-electron chi connectivity index (χ1n) is 6.77. The minimum atomic E-state index is -0.0789. The zero-order valence-electron chi connectivity index (χ0n) is 11.5. The molecule has 1 heterocycles. The third kappa shape index (κ3) is 3.26. The average molecular weight is 263 g/mol. The lowest BCUT2D eigenvalue weighted by Gasteiger charge is -2.30. The van der Waals surface area contributed by atoms with Gasteiger partial charge in [0.2, 0.25) is 0 Å². The molecule has 4 heteroatoms. The van der Waals surface area contributed by atoms with E-state index in [1.807, 2.05) is 31.2 Å². The van der Waals surface area contributed by atoms with Crippen molar-refractivity contribution in [3.05, 3.63) is 29.8 Å². The molecule has 19 heavy (non-hydrogen) atoms. The summed E-state index contributed by atoms with van der Waals surface area (Å²) in [5.74, 6) is 0.887. The Labute approximate surface area is 114 Å². The number of carbonyl (C=O) groups excluding carboxylic acids is 1. The van der Waals surface area contributed by atoms with Crippen LogP contribution in [0.2, 0.25) is 0 Å². The molecule has 104 valence electrons. The number of rotatable bonds is 4. The van der Waals surface area contributed by atoms with Crippen molar-refractivity contribution in [3.63, 3.8) is 0 Å². The van der Waals surface area contributed by atoms with Crippen molar-refractivity contribution in [1.29, 1.82) is 0 Å². The molecule has 1 saturated heterocycles. The lowest BCUT2D eigenvalue weighted by molar-refractivity contribution is -0.149. The molecule has 2 rings (SSSR count). The predicted octanol–water partition coefficient (Wildman–Crippen LogP) is 1.95. The van der Waals surface area contributed by atoms with Crippen LogP contribution in [-0.2, 0) is 9.53 Å². The number of piperidine rings is 1. The smallest absolute Gasteiger partial charge is 0.309 e. The van der Waals surface area contributed by atoms with Crippen molar-refractivity contribution in [2.75, 3.05) is 26.8 Å².